The standard InChI is InChI=1S/C27H32GeN2Si2/c1-31(2,3)27(25-19-13-14-22-29-25)26(24-17-11-8-12-18-24)30(32(4,5)6)28-21-20-23-15-9-7-10-16-23/h7-19,22H,1-6H3/b27-26-. The van der Waals surface area contributed by atoms with E-state index in [4.69, 9.17) is 4.98 Å². The van der Waals surface area contributed by atoms with Gasteiger partial charge in [-0.25, -0.2) is 0 Å². The monoisotopic (exact) mass is 514 g/mol. The van der Waals surface area contributed by atoms with Crippen LogP contribution < -0.4 is 0 Å². The van der Waals surface area contributed by atoms with Gasteiger partial charge in [-0.3, -0.25) is 0 Å². The van der Waals surface area contributed by atoms with Crippen LogP contribution >= 0.6 is 0 Å². The van der Waals surface area contributed by atoms with Gasteiger partial charge in [-0.05, 0) is 0 Å². The van der Waals surface area contributed by atoms with Crippen LogP contribution in [0.4, 0.5) is 0 Å². The van der Waals surface area contributed by atoms with Crippen LogP contribution in [0.15, 0.2) is 85.1 Å². The molecule has 0 saturated carbocycles. The number of hydrogen-bond acceptors (Lipinski definition) is 2. The summed E-state index contributed by atoms with van der Waals surface area (Å²) in [6.45, 7) is 14.6. The molecule has 162 valence electrons. The van der Waals surface area contributed by atoms with Gasteiger partial charge in [0.15, 0.2) is 0 Å². The van der Waals surface area contributed by atoms with Crippen LogP contribution in [0, 0.1) is 10.7 Å². The summed E-state index contributed by atoms with van der Waals surface area (Å²) in [5.41, 5.74) is 4.84. The van der Waals surface area contributed by atoms with E-state index in [9.17, 15) is 0 Å². The summed E-state index contributed by atoms with van der Waals surface area (Å²) in [5.74, 6) is 3.43. The summed E-state index contributed by atoms with van der Waals surface area (Å²) in [6, 6.07) is 27.5. The van der Waals surface area contributed by atoms with Gasteiger partial charge in [0, 0.05) is 0 Å². The van der Waals surface area contributed by atoms with Gasteiger partial charge in [-0.15, -0.1) is 0 Å². The van der Waals surface area contributed by atoms with E-state index in [2.05, 4.69) is 120 Å². The van der Waals surface area contributed by atoms with Crippen LogP contribution in [0.25, 0.3) is 10.9 Å². The zero-order valence-corrected chi connectivity index (χ0v) is 24.1. The van der Waals surface area contributed by atoms with E-state index in [1.807, 2.05) is 18.3 Å². The third kappa shape index (κ3) is 6.35. The Morgan fingerprint density at radius 1 is 0.781 bits per heavy atom. The van der Waals surface area contributed by atoms with Crippen molar-refractivity contribution in [3.8, 4) is 10.7 Å². The molecular weight excluding hydrogens is 481 g/mol. The molecule has 0 saturated heterocycles. The third-order valence-electron chi connectivity index (χ3n) is 5.00. The molecule has 0 unspecified atom stereocenters. The quantitative estimate of drug-likeness (QED) is 0.273. The van der Waals surface area contributed by atoms with Crippen LogP contribution in [0.5, 0.6) is 0 Å². The predicted octanol–water partition coefficient (Wildman–Crippen LogP) is 6.59. The molecule has 1 heterocycles. The minimum absolute atomic E-state index is 0.694. The van der Waals surface area contributed by atoms with Gasteiger partial charge in [0.1, 0.15) is 0 Å². The van der Waals surface area contributed by atoms with Crippen molar-refractivity contribution in [2.45, 2.75) is 39.3 Å². The van der Waals surface area contributed by atoms with E-state index in [1.54, 1.807) is 0 Å². The Hall–Kier alpha value is -2.33. The van der Waals surface area contributed by atoms with Crippen molar-refractivity contribution >= 4 is 42.9 Å². The van der Waals surface area contributed by atoms with Crippen molar-refractivity contribution in [1.29, 1.82) is 0 Å². The Balaban J connectivity index is 2.24. The number of pyridine rings is 1. The van der Waals surface area contributed by atoms with E-state index in [1.165, 1.54) is 16.5 Å². The first-order valence-electron chi connectivity index (χ1n) is 11.0. The van der Waals surface area contributed by atoms with E-state index in [0.29, 0.717) is 0 Å². The van der Waals surface area contributed by atoms with Crippen LogP contribution in [-0.4, -0.2) is 40.5 Å². The summed E-state index contributed by atoms with van der Waals surface area (Å²) >= 11 is -0.694. The van der Waals surface area contributed by atoms with Crippen LogP contribution in [0.2, 0.25) is 39.3 Å². The number of nitrogens with zero attached hydrogens (tertiary/aromatic N) is 2. The fourth-order valence-corrected chi connectivity index (χ4v) is 10.9. The van der Waals surface area contributed by atoms with Gasteiger partial charge in [0.2, 0.25) is 0 Å². The molecule has 1 aromatic heterocycles. The zero-order chi connectivity index (χ0) is 23.2. The summed E-state index contributed by atoms with van der Waals surface area (Å²) in [4.78, 5) is 4.83. The molecule has 32 heavy (non-hydrogen) atoms. The molecule has 2 radical (unpaired) electrons. The van der Waals surface area contributed by atoms with Gasteiger partial charge in [0.25, 0.3) is 0 Å². The van der Waals surface area contributed by atoms with Crippen LogP contribution in [-0.2, 0) is 0 Å². The minimum atomic E-state index is -1.75. The van der Waals surface area contributed by atoms with Gasteiger partial charge in [0.05, 0.1) is 0 Å². The molecule has 0 fully saturated rings. The first-order chi connectivity index (χ1) is 15.2. The number of benzene rings is 2. The molecule has 3 rings (SSSR count). The van der Waals surface area contributed by atoms with E-state index in [0.717, 1.165) is 11.3 Å². The molecule has 0 amide bonds. The molecule has 0 spiro atoms. The Morgan fingerprint density at radius 2 is 1.38 bits per heavy atom. The maximum atomic E-state index is 4.83. The fraction of sp³-hybridized carbons (Fsp3) is 0.222. The van der Waals surface area contributed by atoms with Crippen molar-refractivity contribution < 1.29 is 0 Å². The molecule has 0 atom stereocenters. The molecule has 3 aromatic rings. The molecule has 0 N–H and O–H groups in total. The first kappa shape index (κ1) is 24.3. The van der Waals surface area contributed by atoms with Crippen molar-refractivity contribution in [1.82, 2.24) is 8.51 Å². The zero-order valence-electron chi connectivity index (χ0n) is 20.0. The molecular formula is C27H32GeN2Si2. The second-order valence-electron chi connectivity index (χ2n) is 9.79. The predicted molar refractivity (Wildman–Crippen MR) is 145 cm³/mol. The van der Waals surface area contributed by atoms with Crippen molar-refractivity contribution in [3.05, 3.63) is 102 Å². The molecule has 2 nitrogen and oxygen atoms in total. The number of aromatic nitrogens is 1. The molecule has 0 aliphatic heterocycles. The second-order valence-corrected chi connectivity index (χ2v) is 22.4. The van der Waals surface area contributed by atoms with Gasteiger partial charge in [-0.1, -0.05) is 0 Å². The molecule has 0 aliphatic rings. The Bertz CT molecular complexity index is 1100. The third-order valence-corrected chi connectivity index (χ3v) is 14.8. The summed E-state index contributed by atoms with van der Waals surface area (Å²) < 4.78 is 6.34. The molecule has 0 aliphatic carbocycles. The summed E-state index contributed by atoms with van der Waals surface area (Å²) in [7, 11) is -3.47. The van der Waals surface area contributed by atoms with E-state index in [-0.39, 0.29) is 0 Å². The van der Waals surface area contributed by atoms with Gasteiger partial charge < -0.3 is 0 Å². The van der Waals surface area contributed by atoms with Crippen molar-refractivity contribution in [3.63, 3.8) is 0 Å². The second kappa shape index (κ2) is 10.5. The summed E-state index contributed by atoms with van der Waals surface area (Å²) in [6.07, 6.45) is 1.92. The maximum absolute atomic E-state index is 4.83. The SMILES string of the molecule is C[Si](C)(C)/C(=C(/c1ccccc1)[N]([Ge][C]#Cc1ccccc1)[Si](C)(C)C)c1ccccn1. The van der Waals surface area contributed by atoms with E-state index >= 15 is 0 Å². The topological polar surface area (TPSA) is 16.1 Å². The Morgan fingerprint density at radius 3 is 1.91 bits per heavy atom. The molecule has 5 heteroatoms. The van der Waals surface area contributed by atoms with Crippen LogP contribution in [0.3, 0.4) is 0 Å². The van der Waals surface area contributed by atoms with Crippen molar-refractivity contribution in [2.24, 2.45) is 0 Å². The number of rotatable bonds is 6. The Kier molecular flexibility index (Phi) is 7.99. The molecule has 0 bridgehead atoms. The van der Waals surface area contributed by atoms with E-state index < -0.39 is 32.0 Å². The normalized spacial score (nSPS) is 12.4. The molecule has 2 aromatic carbocycles. The first-order valence-corrected chi connectivity index (χ1v) is 19.9. The number of hydrogen-bond donors (Lipinski definition) is 0. The average Bonchev–Trinajstić information content (AvgIpc) is 2.76. The van der Waals surface area contributed by atoms with Crippen LogP contribution in [0.1, 0.15) is 16.8 Å². The van der Waals surface area contributed by atoms with Crippen molar-refractivity contribution in [2.75, 3.05) is 0 Å². The Labute approximate surface area is 202 Å². The van der Waals surface area contributed by atoms with Gasteiger partial charge in [-0.2, -0.15) is 0 Å². The van der Waals surface area contributed by atoms with Gasteiger partial charge >= 0.3 is 203 Å². The fourth-order valence-electron chi connectivity index (χ4n) is 3.59. The average molecular weight is 513 g/mol. The summed E-state index contributed by atoms with van der Waals surface area (Å²) in [5, 5.41) is 1.43.